The quantitative estimate of drug-likeness (QED) is 0.739. The molecule has 4 heteroatoms. The lowest BCUT2D eigenvalue weighted by Crippen LogP contribution is -2.45. The second kappa shape index (κ2) is 4.84. The van der Waals surface area contributed by atoms with Crippen LogP contribution < -0.4 is 4.90 Å². The molecule has 1 aliphatic rings. The average molecular weight is 237 g/mol. The molecule has 0 aliphatic carbocycles. The molecular weight excluding hydrogens is 221 g/mol. The summed E-state index contributed by atoms with van der Waals surface area (Å²) in [6, 6.07) is 4.41. The van der Waals surface area contributed by atoms with Crippen LogP contribution in [-0.4, -0.2) is 31.6 Å². The average Bonchev–Trinajstić information content (AvgIpc) is 2.26. The Morgan fingerprint density at radius 2 is 1.94 bits per heavy atom. The molecule has 1 fully saturated rings. The maximum absolute atomic E-state index is 13.3. The Kier molecular flexibility index (Phi) is 3.43. The van der Waals surface area contributed by atoms with E-state index in [2.05, 4.69) is 4.90 Å². The third kappa shape index (κ3) is 2.82. The number of anilines is 1. The Balaban J connectivity index is 2.26. The molecule has 1 heterocycles. The van der Waals surface area contributed by atoms with Crippen molar-refractivity contribution in [2.24, 2.45) is 0 Å². The molecule has 2 atom stereocenters. The topological polar surface area (TPSA) is 29.5 Å². The van der Waals surface area contributed by atoms with Crippen molar-refractivity contribution in [1.29, 1.82) is 0 Å². The SMILES string of the molecule is C[C@@H]1CN(c2cc(F)cc(C=O)c2)C[C@H](C)O1. The van der Waals surface area contributed by atoms with Gasteiger partial charge in [0.1, 0.15) is 12.1 Å². The van der Waals surface area contributed by atoms with Crippen molar-refractivity contribution < 1.29 is 13.9 Å². The molecule has 1 aromatic rings. The van der Waals surface area contributed by atoms with Crippen LogP contribution in [0.1, 0.15) is 24.2 Å². The Hall–Kier alpha value is -1.42. The number of morpholine rings is 1. The highest BCUT2D eigenvalue weighted by atomic mass is 19.1. The van der Waals surface area contributed by atoms with Gasteiger partial charge in [-0.1, -0.05) is 0 Å². The minimum Gasteiger partial charge on any atom is -0.372 e. The van der Waals surface area contributed by atoms with Crippen LogP contribution in [0, 0.1) is 5.82 Å². The lowest BCUT2D eigenvalue weighted by molar-refractivity contribution is -0.00523. The summed E-state index contributed by atoms with van der Waals surface area (Å²) in [5, 5.41) is 0. The van der Waals surface area contributed by atoms with Gasteiger partial charge in [-0.3, -0.25) is 4.79 Å². The smallest absolute Gasteiger partial charge is 0.150 e. The normalized spacial score (nSPS) is 24.8. The minimum absolute atomic E-state index is 0.113. The largest absolute Gasteiger partial charge is 0.372 e. The van der Waals surface area contributed by atoms with E-state index in [0.29, 0.717) is 24.9 Å². The third-order valence-electron chi connectivity index (χ3n) is 2.83. The second-order valence-corrected chi connectivity index (χ2v) is 4.52. The zero-order valence-corrected chi connectivity index (χ0v) is 10.0. The number of hydrogen-bond donors (Lipinski definition) is 0. The van der Waals surface area contributed by atoms with Crippen molar-refractivity contribution in [2.75, 3.05) is 18.0 Å². The molecule has 0 aromatic heterocycles. The Bertz CT molecular complexity index is 412. The number of nitrogens with zero attached hydrogens (tertiary/aromatic N) is 1. The van der Waals surface area contributed by atoms with Crippen LogP contribution in [-0.2, 0) is 4.74 Å². The molecule has 1 aromatic carbocycles. The van der Waals surface area contributed by atoms with Gasteiger partial charge in [-0.15, -0.1) is 0 Å². The van der Waals surface area contributed by atoms with Gasteiger partial charge in [0.05, 0.1) is 12.2 Å². The Morgan fingerprint density at radius 3 is 2.53 bits per heavy atom. The zero-order valence-electron chi connectivity index (χ0n) is 10.0. The first kappa shape index (κ1) is 12.0. The van der Waals surface area contributed by atoms with Crippen LogP contribution in [0.25, 0.3) is 0 Å². The number of halogens is 1. The zero-order chi connectivity index (χ0) is 12.4. The summed E-state index contributed by atoms with van der Waals surface area (Å²) < 4.78 is 19.0. The lowest BCUT2D eigenvalue weighted by Gasteiger charge is -2.37. The molecular formula is C13H16FNO2. The van der Waals surface area contributed by atoms with Gasteiger partial charge in [0, 0.05) is 24.3 Å². The highest BCUT2D eigenvalue weighted by molar-refractivity contribution is 5.77. The second-order valence-electron chi connectivity index (χ2n) is 4.52. The molecule has 0 radical (unpaired) electrons. The van der Waals surface area contributed by atoms with E-state index >= 15 is 0 Å². The predicted octanol–water partition coefficient (Wildman–Crippen LogP) is 2.25. The van der Waals surface area contributed by atoms with Crippen molar-refractivity contribution in [3.63, 3.8) is 0 Å². The molecule has 3 nitrogen and oxygen atoms in total. The molecule has 0 amide bonds. The summed E-state index contributed by atoms with van der Waals surface area (Å²) in [4.78, 5) is 12.8. The van der Waals surface area contributed by atoms with E-state index in [1.807, 2.05) is 13.8 Å². The van der Waals surface area contributed by atoms with Gasteiger partial charge in [-0.05, 0) is 32.0 Å². The van der Waals surface area contributed by atoms with Crippen LogP contribution in [0.3, 0.4) is 0 Å². The number of ether oxygens (including phenoxy) is 1. The summed E-state index contributed by atoms with van der Waals surface area (Å²) >= 11 is 0. The van der Waals surface area contributed by atoms with E-state index in [1.165, 1.54) is 12.1 Å². The summed E-state index contributed by atoms with van der Waals surface area (Å²) in [5.74, 6) is -0.378. The molecule has 2 rings (SSSR count). The Labute approximate surface area is 100 Å². The third-order valence-corrected chi connectivity index (χ3v) is 2.83. The Morgan fingerprint density at radius 1 is 1.29 bits per heavy atom. The monoisotopic (exact) mass is 237 g/mol. The van der Waals surface area contributed by atoms with Crippen molar-refractivity contribution in [1.82, 2.24) is 0 Å². The molecule has 92 valence electrons. The van der Waals surface area contributed by atoms with Gasteiger partial charge in [0.2, 0.25) is 0 Å². The highest BCUT2D eigenvalue weighted by Gasteiger charge is 2.22. The number of rotatable bonds is 2. The summed E-state index contributed by atoms with van der Waals surface area (Å²) in [6.45, 7) is 5.41. The first-order valence-corrected chi connectivity index (χ1v) is 5.74. The molecule has 0 unspecified atom stereocenters. The fourth-order valence-electron chi connectivity index (χ4n) is 2.24. The van der Waals surface area contributed by atoms with Gasteiger partial charge >= 0.3 is 0 Å². The van der Waals surface area contributed by atoms with Crippen LogP contribution in [0.4, 0.5) is 10.1 Å². The molecule has 0 bridgehead atoms. The summed E-state index contributed by atoms with van der Waals surface area (Å²) in [7, 11) is 0. The van der Waals surface area contributed by atoms with E-state index in [-0.39, 0.29) is 18.0 Å². The van der Waals surface area contributed by atoms with Gasteiger partial charge in [0.25, 0.3) is 0 Å². The van der Waals surface area contributed by atoms with Crippen molar-refractivity contribution in [2.45, 2.75) is 26.1 Å². The predicted molar refractivity (Wildman–Crippen MR) is 64.0 cm³/mol. The van der Waals surface area contributed by atoms with E-state index in [1.54, 1.807) is 6.07 Å². The van der Waals surface area contributed by atoms with Gasteiger partial charge in [-0.2, -0.15) is 0 Å². The van der Waals surface area contributed by atoms with Gasteiger partial charge < -0.3 is 9.64 Å². The lowest BCUT2D eigenvalue weighted by atomic mass is 10.1. The van der Waals surface area contributed by atoms with Crippen LogP contribution in [0.5, 0.6) is 0 Å². The number of carbonyl (C=O) groups excluding carboxylic acids is 1. The maximum atomic E-state index is 13.3. The molecule has 0 spiro atoms. The van der Waals surface area contributed by atoms with Crippen LogP contribution >= 0.6 is 0 Å². The summed E-state index contributed by atoms with van der Waals surface area (Å²) in [6.07, 6.45) is 0.892. The van der Waals surface area contributed by atoms with Crippen molar-refractivity contribution in [3.8, 4) is 0 Å². The maximum Gasteiger partial charge on any atom is 0.150 e. The number of benzene rings is 1. The summed E-state index contributed by atoms with van der Waals surface area (Å²) in [5.41, 5.74) is 1.11. The fourth-order valence-corrected chi connectivity index (χ4v) is 2.24. The van der Waals surface area contributed by atoms with E-state index < -0.39 is 0 Å². The highest BCUT2D eigenvalue weighted by Crippen LogP contribution is 2.22. The number of aldehydes is 1. The molecule has 0 saturated carbocycles. The fraction of sp³-hybridized carbons (Fsp3) is 0.462. The van der Waals surface area contributed by atoms with Crippen LogP contribution in [0.2, 0.25) is 0 Å². The number of carbonyl (C=O) groups is 1. The van der Waals surface area contributed by atoms with E-state index in [4.69, 9.17) is 4.74 Å². The minimum atomic E-state index is -0.378. The standard InChI is InChI=1S/C13H16FNO2/c1-9-6-15(7-10(2)17-9)13-4-11(8-16)3-12(14)5-13/h3-5,8-10H,6-7H2,1-2H3/t9-,10+. The first-order chi connectivity index (χ1) is 8.08. The molecule has 1 aliphatic heterocycles. The van der Waals surface area contributed by atoms with Crippen molar-refractivity contribution in [3.05, 3.63) is 29.6 Å². The van der Waals surface area contributed by atoms with Crippen molar-refractivity contribution >= 4 is 12.0 Å². The molecule has 17 heavy (non-hydrogen) atoms. The number of hydrogen-bond acceptors (Lipinski definition) is 3. The first-order valence-electron chi connectivity index (χ1n) is 5.74. The van der Waals surface area contributed by atoms with Gasteiger partial charge in [-0.25, -0.2) is 4.39 Å². The molecule has 0 N–H and O–H groups in total. The van der Waals surface area contributed by atoms with Crippen LogP contribution in [0.15, 0.2) is 18.2 Å². The van der Waals surface area contributed by atoms with E-state index in [9.17, 15) is 9.18 Å². The van der Waals surface area contributed by atoms with Gasteiger partial charge in [0.15, 0.2) is 0 Å². The van der Waals surface area contributed by atoms with E-state index in [0.717, 1.165) is 5.69 Å². The molecule has 1 saturated heterocycles.